The van der Waals surface area contributed by atoms with Crippen molar-refractivity contribution in [2.45, 2.75) is 64.5 Å². The third-order valence-electron chi connectivity index (χ3n) is 8.18. The number of benzene rings is 2. The first-order chi connectivity index (χ1) is 18.3. The Labute approximate surface area is 232 Å². The van der Waals surface area contributed by atoms with Crippen LogP contribution in [0.5, 0.6) is 0 Å². The summed E-state index contributed by atoms with van der Waals surface area (Å²) in [6.45, 7) is 13.4. The summed E-state index contributed by atoms with van der Waals surface area (Å²) in [6, 6.07) is 11.1. The highest BCUT2D eigenvalue weighted by atomic mass is 35.5. The van der Waals surface area contributed by atoms with Gasteiger partial charge in [0.15, 0.2) is 0 Å². The van der Waals surface area contributed by atoms with Gasteiger partial charge in [-0.05, 0) is 93.1 Å². The van der Waals surface area contributed by atoms with E-state index in [2.05, 4.69) is 36.0 Å². The number of rotatable bonds is 10. The van der Waals surface area contributed by atoms with Crippen LogP contribution < -0.4 is 10.6 Å². The van der Waals surface area contributed by atoms with E-state index < -0.39 is 0 Å². The number of amides is 2. The number of carbonyl (C=O) groups excluding carboxylic acids is 2. The van der Waals surface area contributed by atoms with E-state index in [-0.39, 0.29) is 23.9 Å². The third-order valence-corrected chi connectivity index (χ3v) is 8.42. The summed E-state index contributed by atoms with van der Waals surface area (Å²) in [5, 5.41) is 9.42. The van der Waals surface area contributed by atoms with Gasteiger partial charge in [-0.25, -0.2) is 0 Å². The smallest absolute Gasteiger partial charge is 0.251 e. The number of hydrogen-bond acceptors (Lipinski definition) is 4. The Balaban J connectivity index is 1.41. The Morgan fingerprint density at radius 2 is 1.87 bits per heavy atom. The van der Waals surface area contributed by atoms with Crippen LogP contribution in [0.3, 0.4) is 0 Å². The molecular formula is C31H43ClN4O2. The predicted octanol–water partition coefficient (Wildman–Crippen LogP) is 5.26. The maximum absolute atomic E-state index is 13.7. The van der Waals surface area contributed by atoms with Crippen LogP contribution in [0.25, 0.3) is 10.8 Å². The number of fused-ring (bicyclic) bond motifs is 1. The van der Waals surface area contributed by atoms with Crippen LogP contribution in [0.1, 0.15) is 62.7 Å². The molecule has 2 heterocycles. The van der Waals surface area contributed by atoms with Gasteiger partial charge in [0.25, 0.3) is 5.91 Å². The van der Waals surface area contributed by atoms with E-state index in [4.69, 9.17) is 11.6 Å². The molecule has 2 N–H and O–H groups in total. The van der Waals surface area contributed by atoms with Crippen LogP contribution in [0.15, 0.2) is 48.6 Å². The second kappa shape index (κ2) is 13.6. The molecule has 2 amide bonds. The molecule has 0 spiro atoms. The number of nitrogens with zero attached hydrogens (tertiary/aromatic N) is 2. The summed E-state index contributed by atoms with van der Waals surface area (Å²) in [5.74, 6) is 0.388. The first-order valence-electron chi connectivity index (χ1n) is 14.2. The third kappa shape index (κ3) is 7.58. The van der Waals surface area contributed by atoms with E-state index in [9.17, 15) is 9.59 Å². The molecule has 6 nitrogen and oxygen atoms in total. The molecule has 0 bridgehead atoms. The van der Waals surface area contributed by atoms with Crippen molar-refractivity contribution in [1.29, 1.82) is 0 Å². The van der Waals surface area contributed by atoms with Crippen LogP contribution >= 0.6 is 11.6 Å². The molecule has 0 saturated carbocycles. The first kappa shape index (κ1) is 28.6. The van der Waals surface area contributed by atoms with Gasteiger partial charge in [-0.3, -0.25) is 9.59 Å². The van der Waals surface area contributed by atoms with Crippen molar-refractivity contribution in [1.82, 2.24) is 20.4 Å². The van der Waals surface area contributed by atoms with Crippen molar-refractivity contribution >= 4 is 34.2 Å². The molecule has 2 saturated heterocycles. The average Bonchev–Trinajstić information content (AvgIpc) is 3.07. The van der Waals surface area contributed by atoms with Crippen molar-refractivity contribution in [2.24, 2.45) is 5.92 Å². The number of hydrogen-bond donors (Lipinski definition) is 2. The molecule has 3 unspecified atom stereocenters. The van der Waals surface area contributed by atoms with Crippen LogP contribution in [0.2, 0.25) is 5.02 Å². The maximum Gasteiger partial charge on any atom is 0.251 e. The van der Waals surface area contributed by atoms with Crippen LogP contribution in [-0.4, -0.2) is 73.0 Å². The molecule has 0 aromatic heterocycles. The van der Waals surface area contributed by atoms with E-state index in [1.54, 1.807) is 0 Å². The zero-order chi connectivity index (χ0) is 27.1. The number of nitrogens with one attached hydrogen (secondary N) is 2. The summed E-state index contributed by atoms with van der Waals surface area (Å²) in [5.41, 5.74) is 1.75. The normalized spacial score (nSPS) is 21.8. The van der Waals surface area contributed by atoms with Gasteiger partial charge in [0, 0.05) is 42.8 Å². The van der Waals surface area contributed by atoms with Crippen molar-refractivity contribution in [3.05, 3.63) is 59.1 Å². The topological polar surface area (TPSA) is 64.7 Å². The lowest BCUT2D eigenvalue weighted by atomic mass is 9.98. The SMILES string of the molecule is C=C(C)C(CC)CN1CCC(CNC(=O)c2ccc3cc(Cl)ccc3c2)NC(CCN2CCCCC2)C1=O. The highest BCUT2D eigenvalue weighted by Gasteiger charge is 2.32. The number of likely N-dealkylation sites (tertiary alicyclic amines) is 1. The average molecular weight is 539 g/mol. The molecule has 38 heavy (non-hydrogen) atoms. The zero-order valence-corrected chi connectivity index (χ0v) is 23.7. The fraction of sp³-hybridized carbons (Fsp3) is 0.548. The standard InChI is InChI=1S/C31H43ClN4O2/c1-4-23(22(2)3)21-36-17-12-28(34-29(31(36)38)13-16-35-14-6-5-7-15-35)20-33-30(37)26-9-8-25-19-27(32)11-10-24(25)18-26/h8-11,18-19,23,28-29,34H,2,4-7,12-17,20-21H2,1,3H3,(H,33,37). The van der Waals surface area contributed by atoms with E-state index in [1.807, 2.05) is 41.3 Å². The molecule has 2 fully saturated rings. The minimum atomic E-state index is -0.241. The molecule has 0 radical (unpaired) electrons. The van der Waals surface area contributed by atoms with Gasteiger partial charge in [-0.15, -0.1) is 0 Å². The summed E-state index contributed by atoms with van der Waals surface area (Å²) < 4.78 is 0. The predicted molar refractivity (Wildman–Crippen MR) is 157 cm³/mol. The zero-order valence-electron chi connectivity index (χ0n) is 23.0. The summed E-state index contributed by atoms with van der Waals surface area (Å²) in [4.78, 5) is 31.2. The highest BCUT2D eigenvalue weighted by molar-refractivity contribution is 6.31. The highest BCUT2D eigenvalue weighted by Crippen LogP contribution is 2.21. The Hall–Kier alpha value is -2.41. The lowest BCUT2D eigenvalue weighted by Crippen LogP contribution is -2.50. The van der Waals surface area contributed by atoms with Gasteiger partial charge in [0.05, 0.1) is 6.04 Å². The van der Waals surface area contributed by atoms with E-state index in [1.165, 1.54) is 19.3 Å². The summed E-state index contributed by atoms with van der Waals surface area (Å²) in [7, 11) is 0. The Kier molecular flexibility index (Phi) is 10.2. The number of halogens is 1. The molecule has 2 aliphatic heterocycles. The minimum absolute atomic E-state index is 0.0309. The van der Waals surface area contributed by atoms with Gasteiger partial charge in [-0.2, -0.15) is 0 Å². The quantitative estimate of drug-likeness (QED) is 0.405. The van der Waals surface area contributed by atoms with E-state index in [0.29, 0.717) is 36.1 Å². The van der Waals surface area contributed by atoms with Crippen molar-refractivity contribution < 1.29 is 9.59 Å². The Morgan fingerprint density at radius 1 is 1.13 bits per heavy atom. The molecular weight excluding hydrogens is 496 g/mol. The molecule has 2 aliphatic rings. The van der Waals surface area contributed by atoms with Crippen molar-refractivity contribution in [3.63, 3.8) is 0 Å². The fourth-order valence-electron chi connectivity index (χ4n) is 5.70. The first-order valence-corrected chi connectivity index (χ1v) is 14.6. The lowest BCUT2D eigenvalue weighted by Gasteiger charge is -2.31. The molecule has 2 aromatic rings. The van der Waals surface area contributed by atoms with Crippen molar-refractivity contribution in [3.8, 4) is 0 Å². The monoisotopic (exact) mass is 538 g/mol. The second-order valence-electron chi connectivity index (χ2n) is 11.0. The molecule has 4 rings (SSSR count). The minimum Gasteiger partial charge on any atom is -0.350 e. The van der Waals surface area contributed by atoms with E-state index >= 15 is 0 Å². The second-order valence-corrected chi connectivity index (χ2v) is 11.5. The van der Waals surface area contributed by atoms with Gasteiger partial charge < -0.3 is 20.4 Å². The molecule has 7 heteroatoms. The Bertz CT molecular complexity index is 1130. The fourth-order valence-corrected chi connectivity index (χ4v) is 5.88. The van der Waals surface area contributed by atoms with Gasteiger partial charge in [0.2, 0.25) is 5.91 Å². The maximum atomic E-state index is 13.7. The molecule has 206 valence electrons. The molecule has 2 aromatic carbocycles. The number of piperidine rings is 1. The van der Waals surface area contributed by atoms with Gasteiger partial charge in [0.1, 0.15) is 0 Å². The van der Waals surface area contributed by atoms with Crippen LogP contribution in [0, 0.1) is 5.92 Å². The van der Waals surface area contributed by atoms with Crippen molar-refractivity contribution in [2.75, 3.05) is 39.3 Å². The number of carbonyl (C=O) groups is 2. The lowest BCUT2D eigenvalue weighted by molar-refractivity contribution is -0.133. The van der Waals surface area contributed by atoms with Gasteiger partial charge >= 0.3 is 0 Å². The largest absolute Gasteiger partial charge is 0.350 e. The molecule has 0 aliphatic carbocycles. The van der Waals surface area contributed by atoms with E-state index in [0.717, 1.165) is 55.2 Å². The Morgan fingerprint density at radius 3 is 2.61 bits per heavy atom. The van der Waals surface area contributed by atoms with Gasteiger partial charge in [-0.1, -0.05) is 49.2 Å². The molecule has 3 atom stereocenters. The summed E-state index contributed by atoms with van der Waals surface area (Å²) >= 11 is 6.10. The van der Waals surface area contributed by atoms with Crippen LogP contribution in [-0.2, 0) is 4.79 Å². The summed E-state index contributed by atoms with van der Waals surface area (Å²) in [6.07, 6.45) is 6.35. The van der Waals surface area contributed by atoms with Crippen LogP contribution in [0.4, 0.5) is 0 Å².